The zero-order chi connectivity index (χ0) is 17.9. The van der Waals surface area contributed by atoms with Gasteiger partial charge in [-0.25, -0.2) is 4.79 Å². The molecule has 4 rings (SSSR count). The van der Waals surface area contributed by atoms with Crippen LogP contribution in [-0.4, -0.2) is 17.5 Å². The van der Waals surface area contributed by atoms with E-state index in [2.05, 4.69) is 10.3 Å². The second-order valence-corrected chi connectivity index (χ2v) is 6.26. The van der Waals surface area contributed by atoms with Gasteiger partial charge in [-0.1, -0.05) is 18.2 Å². The molecule has 0 saturated heterocycles. The number of benzene rings is 1. The molecular weight excluding hydrogens is 332 g/mol. The molecule has 6 heteroatoms. The smallest absolute Gasteiger partial charge is 0.360 e. The van der Waals surface area contributed by atoms with Gasteiger partial charge in [0.1, 0.15) is 17.0 Å². The van der Waals surface area contributed by atoms with Gasteiger partial charge in [-0.15, -0.1) is 0 Å². The third-order valence-electron chi connectivity index (χ3n) is 4.47. The van der Waals surface area contributed by atoms with E-state index in [0.717, 1.165) is 42.3 Å². The zero-order valence-electron chi connectivity index (χ0n) is 14.2. The molecule has 0 unspecified atom stereocenters. The topological polar surface area (TPSA) is 81.4 Å². The number of amides is 1. The summed E-state index contributed by atoms with van der Waals surface area (Å²) < 4.78 is 10.9. The van der Waals surface area contributed by atoms with E-state index in [1.165, 1.54) is 0 Å². The lowest BCUT2D eigenvalue weighted by atomic mass is 9.95. The summed E-state index contributed by atoms with van der Waals surface area (Å²) in [6, 6.07) is 10.5. The average Bonchev–Trinajstić information content (AvgIpc) is 2.67. The Hall–Kier alpha value is -3.15. The fourth-order valence-corrected chi connectivity index (χ4v) is 3.21. The minimum absolute atomic E-state index is 0.106. The summed E-state index contributed by atoms with van der Waals surface area (Å²) in [7, 11) is 0. The van der Waals surface area contributed by atoms with Crippen LogP contribution in [-0.2, 0) is 17.6 Å². The highest BCUT2D eigenvalue weighted by Crippen LogP contribution is 2.27. The second-order valence-electron chi connectivity index (χ2n) is 6.26. The van der Waals surface area contributed by atoms with E-state index in [9.17, 15) is 9.59 Å². The first-order chi connectivity index (χ1) is 12.7. The predicted molar refractivity (Wildman–Crippen MR) is 97.5 cm³/mol. The molecule has 1 amide bonds. The number of aryl methyl sites for hydroxylation is 1. The van der Waals surface area contributed by atoms with Crippen molar-refractivity contribution >= 4 is 22.6 Å². The molecule has 0 radical (unpaired) electrons. The largest absolute Gasteiger partial charge is 0.483 e. The van der Waals surface area contributed by atoms with E-state index in [1.807, 2.05) is 12.1 Å². The molecule has 0 bridgehead atoms. The molecular formula is C20H18N2O4. The Labute approximate surface area is 149 Å². The third-order valence-corrected chi connectivity index (χ3v) is 4.47. The fourth-order valence-electron chi connectivity index (χ4n) is 3.21. The summed E-state index contributed by atoms with van der Waals surface area (Å²) in [5.41, 5.74) is 2.13. The van der Waals surface area contributed by atoms with Gasteiger partial charge >= 0.3 is 5.63 Å². The lowest BCUT2D eigenvalue weighted by molar-refractivity contribution is -0.118. The Morgan fingerprint density at radius 2 is 2.04 bits per heavy atom. The van der Waals surface area contributed by atoms with Crippen molar-refractivity contribution in [2.24, 2.45) is 0 Å². The first kappa shape index (κ1) is 16.3. The van der Waals surface area contributed by atoms with Crippen LogP contribution in [0.5, 0.6) is 5.75 Å². The van der Waals surface area contributed by atoms with Crippen molar-refractivity contribution in [1.82, 2.24) is 4.98 Å². The van der Waals surface area contributed by atoms with Gasteiger partial charge in [-0.05, 0) is 43.9 Å². The van der Waals surface area contributed by atoms with Crippen LogP contribution in [0.15, 0.2) is 51.8 Å². The van der Waals surface area contributed by atoms with Crippen LogP contribution in [0.3, 0.4) is 0 Å². The van der Waals surface area contributed by atoms with Crippen LogP contribution < -0.4 is 15.7 Å². The van der Waals surface area contributed by atoms with Gasteiger partial charge in [0.25, 0.3) is 5.91 Å². The van der Waals surface area contributed by atoms with Crippen molar-refractivity contribution in [2.75, 3.05) is 11.9 Å². The number of nitrogens with one attached hydrogen (secondary N) is 1. The van der Waals surface area contributed by atoms with E-state index >= 15 is 0 Å². The van der Waals surface area contributed by atoms with Crippen LogP contribution in [0.1, 0.15) is 24.1 Å². The summed E-state index contributed by atoms with van der Waals surface area (Å²) >= 11 is 0. The van der Waals surface area contributed by atoms with Crippen LogP contribution in [0.4, 0.5) is 5.69 Å². The summed E-state index contributed by atoms with van der Waals surface area (Å²) in [5.74, 6) is 0.282. The number of fused-ring (bicyclic) bond motifs is 2. The molecule has 0 saturated carbocycles. The summed E-state index contributed by atoms with van der Waals surface area (Å²) in [6.07, 6.45) is 5.78. The number of anilines is 1. The second kappa shape index (κ2) is 7.00. The van der Waals surface area contributed by atoms with E-state index in [-0.39, 0.29) is 12.3 Å². The lowest BCUT2D eigenvalue weighted by Crippen LogP contribution is -2.24. The van der Waals surface area contributed by atoms with Crippen LogP contribution in [0.2, 0.25) is 0 Å². The van der Waals surface area contributed by atoms with Gasteiger partial charge in [0.05, 0.1) is 0 Å². The van der Waals surface area contributed by atoms with E-state index in [4.69, 9.17) is 9.15 Å². The summed E-state index contributed by atoms with van der Waals surface area (Å²) in [6.45, 7) is -0.178. The molecule has 1 N–H and O–H groups in total. The van der Waals surface area contributed by atoms with Gasteiger partial charge in [-0.2, -0.15) is 0 Å². The van der Waals surface area contributed by atoms with Gasteiger partial charge < -0.3 is 14.5 Å². The number of rotatable bonds is 4. The number of pyridine rings is 1. The molecule has 0 fully saturated rings. The molecule has 0 spiro atoms. The Morgan fingerprint density at radius 3 is 2.96 bits per heavy atom. The van der Waals surface area contributed by atoms with Crippen molar-refractivity contribution < 1.29 is 13.9 Å². The molecule has 2 heterocycles. The van der Waals surface area contributed by atoms with Crippen molar-refractivity contribution in [3.05, 3.63) is 64.3 Å². The van der Waals surface area contributed by atoms with E-state index in [1.54, 1.807) is 30.5 Å². The van der Waals surface area contributed by atoms with Crippen molar-refractivity contribution in [3.63, 3.8) is 0 Å². The molecule has 132 valence electrons. The van der Waals surface area contributed by atoms with Crippen LogP contribution >= 0.6 is 0 Å². The highest BCUT2D eigenvalue weighted by Gasteiger charge is 2.16. The zero-order valence-corrected chi connectivity index (χ0v) is 14.2. The van der Waals surface area contributed by atoms with Gasteiger partial charge in [0.15, 0.2) is 6.61 Å². The highest BCUT2D eigenvalue weighted by atomic mass is 16.5. The Morgan fingerprint density at radius 1 is 1.19 bits per heavy atom. The molecule has 0 atom stereocenters. The number of carbonyl (C=O) groups is 1. The van der Waals surface area contributed by atoms with E-state index < -0.39 is 11.5 Å². The number of hydrogen-bond donors (Lipinski definition) is 1. The minimum Gasteiger partial charge on any atom is -0.483 e. The molecule has 26 heavy (non-hydrogen) atoms. The third kappa shape index (κ3) is 3.31. The summed E-state index contributed by atoms with van der Waals surface area (Å²) in [5, 5.41) is 3.31. The Balaban J connectivity index is 1.47. The standard InChI is InChI=1S/C20H18N2O4/c23-19(12-25-18-9-10-21-15-7-3-2-6-14(15)18)22-16-11-13-5-1-4-8-17(13)26-20(16)24/h1,4-5,8-11H,2-3,6-7,12H2,(H,22,23). The van der Waals surface area contributed by atoms with Crippen molar-refractivity contribution in [1.29, 1.82) is 0 Å². The van der Waals surface area contributed by atoms with Gasteiger partial charge in [0, 0.05) is 22.8 Å². The molecule has 1 aliphatic rings. The highest BCUT2D eigenvalue weighted by molar-refractivity contribution is 5.93. The van der Waals surface area contributed by atoms with Crippen LogP contribution in [0.25, 0.3) is 11.0 Å². The van der Waals surface area contributed by atoms with Crippen molar-refractivity contribution in [3.8, 4) is 5.75 Å². The quantitative estimate of drug-likeness (QED) is 0.731. The molecule has 6 nitrogen and oxygen atoms in total. The normalized spacial score (nSPS) is 13.2. The first-order valence-electron chi connectivity index (χ1n) is 8.63. The van der Waals surface area contributed by atoms with E-state index in [0.29, 0.717) is 11.3 Å². The predicted octanol–water partition coefficient (Wildman–Crippen LogP) is 3.08. The number of hydrogen-bond acceptors (Lipinski definition) is 5. The number of carbonyl (C=O) groups excluding carboxylic acids is 1. The lowest BCUT2D eigenvalue weighted by Gasteiger charge is -2.18. The molecule has 0 aliphatic heterocycles. The fraction of sp³-hybridized carbons (Fsp3) is 0.250. The van der Waals surface area contributed by atoms with Crippen molar-refractivity contribution in [2.45, 2.75) is 25.7 Å². The number of ether oxygens (including phenoxy) is 1. The number of nitrogens with zero attached hydrogens (tertiary/aromatic N) is 1. The molecule has 3 aromatic rings. The maximum atomic E-state index is 12.2. The maximum absolute atomic E-state index is 12.2. The summed E-state index contributed by atoms with van der Waals surface area (Å²) in [4.78, 5) is 28.6. The Kier molecular flexibility index (Phi) is 4.39. The molecule has 1 aromatic carbocycles. The Bertz CT molecular complexity index is 1030. The monoisotopic (exact) mass is 350 g/mol. The molecule has 2 aromatic heterocycles. The SMILES string of the molecule is O=C(COc1ccnc2c1CCCC2)Nc1cc2ccccc2oc1=O. The molecule has 1 aliphatic carbocycles. The van der Waals surface area contributed by atoms with Gasteiger partial charge in [-0.3, -0.25) is 9.78 Å². The number of para-hydroxylation sites is 1. The first-order valence-corrected chi connectivity index (χ1v) is 8.63. The minimum atomic E-state index is -0.585. The van der Waals surface area contributed by atoms with Gasteiger partial charge in [0.2, 0.25) is 0 Å². The van der Waals surface area contributed by atoms with Crippen LogP contribution in [0, 0.1) is 0 Å². The maximum Gasteiger partial charge on any atom is 0.360 e. The number of aromatic nitrogens is 1. The average molecular weight is 350 g/mol.